The van der Waals surface area contributed by atoms with Crippen molar-refractivity contribution in [2.45, 2.75) is 39.7 Å². The van der Waals surface area contributed by atoms with Gasteiger partial charge in [0.25, 0.3) is 0 Å². The average Bonchev–Trinajstić information content (AvgIpc) is 2.93. The molecule has 0 saturated carbocycles. The first-order chi connectivity index (χ1) is 12.0. The van der Waals surface area contributed by atoms with Gasteiger partial charge < -0.3 is 9.64 Å². The lowest BCUT2D eigenvalue weighted by molar-refractivity contribution is -0.131. The van der Waals surface area contributed by atoms with Crippen molar-refractivity contribution in [3.63, 3.8) is 0 Å². The number of hydrogen-bond acceptors (Lipinski definition) is 3. The normalized spacial score (nSPS) is 15.4. The van der Waals surface area contributed by atoms with Crippen LogP contribution in [0.1, 0.15) is 29.8 Å². The highest BCUT2D eigenvalue weighted by atomic mass is 16.5. The highest BCUT2D eigenvalue weighted by Crippen LogP contribution is 2.21. The molecule has 0 spiro atoms. The molecule has 0 unspecified atom stereocenters. The minimum absolute atomic E-state index is 0.217. The summed E-state index contributed by atoms with van der Waals surface area (Å²) in [5.74, 6) is 1.64. The van der Waals surface area contributed by atoms with E-state index in [1.807, 2.05) is 36.1 Å². The highest BCUT2D eigenvalue weighted by Gasteiger charge is 2.23. The molecule has 5 heteroatoms. The molecule has 1 aliphatic heterocycles. The van der Waals surface area contributed by atoms with Gasteiger partial charge in [-0.2, -0.15) is 5.10 Å². The first-order valence-electron chi connectivity index (χ1n) is 8.97. The number of carbonyl (C=O) groups is 1. The molecule has 0 N–H and O–H groups in total. The molecule has 3 rings (SSSR count). The molecule has 0 radical (unpaired) electrons. The smallest absolute Gasteiger partial charge is 0.226 e. The second-order valence-electron chi connectivity index (χ2n) is 6.96. The van der Waals surface area contributed by atoms with Crippen molar-refractivity contribution >= 4 is 5.91 Å². The molecule has 1 saturated heterocycles. The first-order valence-corrected chi connectivity index (χ1v) is 8.97. The number of nitrogens with zero attached hydrogens (tertiary/aromatic N) is 3. The Hall–Kier alpha value is -2.30. The van der Waals surface area contributed by atoms with Crippen LogP contribution in [0.2, 0.25) is 0 Å². The van der Waals surface area contributed by atoms with Gasteiger partial charge in [0.1, 0.15) is 5.75 Å². The number of aromatic nitrogens is 2. The van der Waals surface area contributed by atoms with Gasteiger partial charge in [0.15, 0.2) is 0 Å². The molecule has 1 aromatic heterocycles. The van der Waals surface area contributed by atoms with Crippen molar-refractivity contribution in [1.82, 2.24) is 14.7 Å². The third-order valence-corrected chi connectivity index (χ3v) is 5.02. The molecule has 5 nitrogen and oxygen atoms in total. The minimum atomic E-state index is 0.217. The SMILES string of the molecule is COc1ccc(CC(=O)N2CCC(Cn3nc(C)cc3C)CC2)cc1. The maximum atomic E-state index is 12.5. The van der Waals surface area contributed by atoms with Crippen molar-refractivity contribution in [2.24, 2.45) is 5.92 Å². The van der Waals surface area contributed by atoms with E-state index in [0.29, 0.717) is 12.3 Å². The lowest BCUT2D eigenvalue weighted by Gasteiger charge is -2.32. The van der Waals surface area contributed by atoms with Crippen molar-refractivity contribution in [3.05, 3.63) is 47.3 Å². The Morgan fingerprint density at radius 1 is 1.20 bits per heavy atom. The second-order valence-corrected chi connectivity index (χ2v) is 6.96. The van der Waals surface area contributed by atoms with Gasteiger partial charge in [-0.1, -0.05) is 12.1 Å². The maximum absolute atomic E-state index is 12.5. The van der Waals surface area contributed by atoms with E-state index < -0.39 is 0 Å². The van der Waals surface area contributed by atoms with E-state index in [4.69, 9.17) is 4.74 Å². The molecule has 1 aliphatic rings. The number of likely N-dealkylation sites (tertiary alicyclic amines) is 1. The molecule has 2 aromatic rings. The number of hydrogen-bond donors (Lipinski definition) is 0. The number of aryl methyl sites for hydroxylation is 2. The van der Waals surface area contributed by atoms with Crippen LogP contribution in [-0.4, -0.2) is 40.8 Å². The Kier molecular flexibility index (Phi) is 5.41. The summed E-state index contributed by atoms with van der Waals surface area (Å²) in [6, 6.07) is 9.86. The second kappa shape index (κ2) is 7.72. The maximum Gasteiger partial charge on any atom is 0.226 e. The first kappa shape index (κ1) is 17.5. The number of benzene rings is 1. The quantitative estimate of drug-likeness (QED) is 0.840. The summed E-state index contributed by atoms with van der Waals surface area (Å²) in [4.78, 5) is 14.5. The van der Waals surface area contributed by atoms with Gasteiger partial charge >= 0.3 is 0 Å². The van der Waals surface area contributed by atoms with Crippen LogP contribution in [0, 0.1) is 19.8 Å². The lowest BCUT2D eigenvalue weighted by atomic mass is 9.96. The zero-order valence-electron chi connectivity index (χ0n) is 15.4. The highest BCUT2D eigenvalue weighted by molar-refractivity contribution is 5.78. The third kappa shape index (κ3) is 4.41. The van der Waals surface area contributed by atoms with Gasteiger partial charge in [0.05, 0.1) is 19.2 Å². The third-order valence-electron chi connectivity index (χ3n) is 5.02. The molecule has 134 valence electrons. The minimum Gasteiger partial charge on any atom is -0.497 e. The van der Waals surface area contributed by atoms with Gasteiger partial charge in [0, 0.05) is 25.3 Å². The fraction of sp³-hybridized carbons (Fsp3) is 0.500. The predicted octanol–water partition coefficient (Wildman–Crippen LogP) is 2.99. The van der Waals surface area contributed by atoms with Crippen LogP contribution in [0.3, 0.4) is 0 Å². The summed E-state index contributed by atoms with van der Waals surface area (Å²) in [6.07, 6.45) is 2.56. The van der Waals surface area contributed by atoms with Gasteiger partial charge in [-0.05, 0) is 56.4 Å². The Morgan fingerprint density at radius 2 is 1.88 bits per heavy atom. The summed E-state index contributed by atoms with van der Waals surface area (Å²) in [7, 11) is 1.65. The van der Waals surface area contributed by atoms with E-state index in [2.05, 4.69) is 22.8 Å². The standard InChI is InChI=1S/C20H27N3O2/c1-15-12-16(2)23(21-15)14-18-8-10-22(11-9-18)20(24)13-17-4-6-19(25-3)7-5-17/h4-7,12,18H,8-11,13-14H2,1-3H3. The Balaban J connectivity index is 1.49. The van der Waals surface area contributed by atoms with Crippen LogP contribution >= 0.6 is 0 Å². The van der Waals surface area contributed by atoms with Gasteiger partial charge in [0.2, 0.25) is 5.91 Å². The monoisotopic (exact) mass is 341 g/mol. The predicted molar refractivity (Wildman–Crippen MR) is 97.7 cm³/mol. The molecule has 0 aliphatic carbocycles. The van der Waals surface area contributed by atoms with Crippen LogP contribution in [-0.2, 0) is 17.8 Å². The van der Waals surface area contributed by atoms with Gasteiger partial charge in [-0.15, -0.1) is 0 Å². The van der Waals surface area contributed by atoms with Crippen LogP contribution < -0.4 is 4.74 Å². The molecule has 1 amide bonds. The van der Waals surface area contributed by atoms with Crippen molar-refractivity contribution < 1.29 is 9.53 Å². The average molecular weight is 341 g/mol. The van der Waals surface area contributed by atoms with Crippen molar-refractivity contribution in [1.29, 1.82) is 0 Å². The van der Waals surface area contributed by atoms with Crippen LogP contribution in [0.4, 0.5) is 0 Å². The van der Waals surface area contributed by atoms with E-state index >= 15 is 0 Å². The molecule has 2 heterocycles. The zero-order valence-corrected chi connectivity index (χ0v) is 15.4. The van der Waals surface area contributed by atoms with E-state index in [-0.39, 0.29) is 5.91 Å². The van der Waals surface area contributed by atoms with Crippen molar-refractivity contribution in [2.75, 3.05) is 20.2 Å². The lowest BCUT2D eigenvalue weighted by Crippen LogP contribution is -2.40. The molecule has 0 atom stereocenters. The Morgan fingerprint density at radius 3 is 2.44 bits per heavy atom. The largest absolute Gasteiger partial charge is 0.497 e. The van der Waals surface area contributed by atoms with E-state index in [9.17, 15) is 4.79 Å². The summed E-state index contributed by atoms with van der Waals surface area (Å²) < 4.78 is 7.26. The van der Waals surface area contributed by atoms with Crippen LogP contribution in [0.15, 0.2) is 30.3 Å². The zero-order chi connectivity index (χ0) is 17.8. The Labute approximate surface area is 149 Å². The fourth-order valence-electron chi connectivity index (χ4n) is 3.50. The number of rotatable bonds is 5. The molecule has 1 aromatic carbocycles. The summed E-state index contributed by atoms with van der Waals surface area (Å²) >= 11 is 0. The summed E-state index contributed by atoms with van der Waals surface area (Å²) in [5, 5.41) is 4.55. The summed E-state index contributed by atoms with van der Waals surface area (Å²) in [6.45, 7) is 6.79. The van der Waals surface area contributed by atoms with E-state index in [1.54, 1.807) is 7.11 Å². The van der Waals surface area contributed by atoms with Gasteiger partial charge in [-0.25, -0.2) is 0 Å². The molecule has 25 heavy (non-hydrogen) atoms. The molecule has 1 fully saturated rings. The van der Waals surface area contributed by atoms with E-state index in [0.717, 1.165) is 49.5 Å². The van der Waals surface area contributed by atoms with Gasteiger partial charge in [-0.3, -0.25) is 9.48 Å². The van der Waals surface area contributed by atoms with Crippen LogP contribution in [0.5, 0.6) is 5.75 Å². The topological polar surface area (TPSA) is 47.4 Å². The number of carbonyl (C=O) groups excluding carboxylic acids is 1. The Bertz CT molecular complexity index is 713. The number of piperidine rings is 1. The fourth-order valence-corrected chi connectivity index (χ4v) is 3.50. The molecular weight excluding hydrogens is 314 g/mol. The molecule has 0 bridgehead atoms. The summed E-state index contributed by atoms with van der Waals surface area (Å²) in [5.41, 5.74) is 3.33. The molecular formula is C20H27N3O2. The number of methoxy groups -OCH3 is 1. The van der Waals surface area contributed by atoms with Crippen LogP contribution in [0.25, 0.3) is 0 Å². The number of ether oxygens (including phenoxy) is 1. The number of amides is 1. The van der Waals surface area contributed by atoms with E-state index in [1.165, 1.54) is 5.69 Å². The van der Waals surface area contributed by atoms with Crippen molar-refractivity contribution in [3.8, 4) is 5.75 Å².